The van der Waals surface area contributed by atoms with E-state index in [1.807, 2.05) is 12.3 Å². The Bertz CT molecular complexity index is 571. The van der Waals surface area contributed by atoms with Gasteiger partial charge in [0.2, 0.25) is 0 Å². The normalized spacial score (nSPS) is 23.1. The lowest BCUT2D eigenvalue weighted by Gasteiger charge is -2.33. The average molecular weight is 268 g/mol. The molecule has 0 aliphatic heterocycles. The van der Waals surface area contributed by atoms with E-state index in [0.29, 0.717) is 6.04 Å². The minimum absolute atomic E-state index is 0.613. The standard InChI is InChI=1S/C18H24N2/c1-13(2)14-6-3-7-15(12-14)20-18-10-4-9-17-16(18)8-5-11-19-17/h4-5,8-11,13-15,20H,3,6-7,12H2,1-2H3. The first-order chi connectivity index (χ1) is 9.74. The number of benzene rings is 1. The fourth-order valence-corrected chi connectivity index (χ4v) is 3.41. The van der Waals surface area contributed by atoms with Crippen molar-refractivity contribution in [2.45, 2.75) is 45.6 Å². The first-order valence-corrected chi connectivity index (χ1v) is 7.84. The molecule has 1 heterocycles. The zero-order valence-electron chi connectivity index (χ0n) is 12.5. The molecule has 2 unspecified atom stereocenters. The van der Waals surface area contributed by atoms with Crippen molar-refractivity contribution in [1.82, 2.24) is 4.98 Å². The molecule has 1 N–H and O–H groups in total. The third-order valence-corrected chi connectivity index (χ3v) is 4.66. The summed E-state index contributed by atoms with van der Waals surface area (Å²) in [5.41, 5.74) is 2.32. The molecule has 1 aromatic carbocycles. The highest BCUT2D eigenvalue weighted by Gasteiger charge is 2.24. The molecular formula is C18H24N2. The fourth-order valence-electron chi connectivity index (χ4n) is 3.41. The molecule has 0 radical (unpaired) electrons. The summed E-state index contributed by atoms with van der Waals surface area (Å²) in [6, 6.07) is 11.2. The Morgan fingerprint density at radius 3 is 2.90 bits per heavy atom. The lowest BCUT2D eigenvalue weighted by Crippen LogP contribution is -2.29. The van der Waals surface area contributed by atoms with E-state index in [9.17, 15) is 0 Å². The Morgan fingerprint density at radius 2 is 2.05 bits per heavy atom. The molecule has 2 atom stereocenters. The maximum Gasteiger partial charge on any atom is 0.0722 e. The van der Waals surface area contributed by atoms with Crippen molar-refractivity contribution in [3.8, 4) is 0 Å². The lowest BCUT2D eigenvalue weighted by atomic mass is 9.79. The van der Waals surface area contributed by atoms with Crippen LogP contribution in [0.15, 0.2) is 36.5 Å². The van der Waals surface area contributed by atoms with Gasteiger partial charge in [-0.05, 0) is 48.9 Å². The van der Waals surface area contributed by atoms with Crippen molar-refractivity contribution >= 4 is 16.6 Å². The molecule has 2 nitrogen and oxygen atoms in total. The molecule has 1 fully saturated rings. The average Bonchev–Trinajstić information content (AvgIpc) is 2.48. The smallest absolute Gasteiger partial charge is 0.0722 e. The summed E-state index contributed by atoms with van der Waals surface area (Å²) in [6.45, 7) is 4.71. The van der Waals surface area contributed by atoms with Crippen LogP contribution < -0.4 is 5.32 Å². The van der Waals surface area contributed by atoms with E-state index in [1.165, 1.54) is 36.8 Å². The molecule has 0 bridgehead atoms. The lowest BCUT2D eigenvalue weighted by molar-refractivity contribution is 0.264. The number of hydrogen-bond donors (Lipinski definition) is 1. The summed E-state index contributed by atoms with van der Waals surface area (Å²) >= 11 is 0. The topological polar surface area (TPSA) is 24.9 Å². The zero-order valence-corrected chi connectivity index (χ0v) is 12.5. The van der Waals surface area contributed by atoms with Crippen LogP contribution in [0, 0.1) is 11.8 Å². The Labute approximate surface area is 121 Å². The van der Waals surface area contributed by atoms with Crippen molar-refractivity contribution in [2.24, 2.45) is 11.8 Å². The number of nitrogens with one attached hydrogen (secondary N) is 1. The van der Waals surface area contributed by atoms with E-state index in [1.54, 1.807) is 0 Å². The van der Waals surface area contributed by atoms with Gasteiger partial charge in [-0.25, -0.2) is 0 Å². The van der Waals surface area contributed by atoms with Gasteiger partial charge in [0.1, 0.15) is 0 Å². The molecule has 2 aromatic rings. The van der Waals surface area contributed by atoms with Gasteiger partial charge in [0.25, 0.3) is 0 Å². The largest absolute Gasteiger partial charge is 0.382 e. The van der Waals surface area contributed by atoms with Crippen molar-refractivity contribution in [1.29, 1.82) is 0 Å². The second-order valence-corrected chi connectivity index (χ2v) is 6.39. The van der Waals surface area contributed by atoms with Crippen LogP contribution in [0.25, 0.3) is 10.9 Å². The summed E-state index contributed by atoms with van der Waals surface area (Å²) in [7, 11) is 0. The molecule has 1 saturated carbocycles. The predicted molar refractivity (Wildman–Crippen MR) is 85.9 cm³/mol. The molecule has 0 spiro atoms. The van der Waals surface area contributed by atoms with Crippen LogP contribution in [0.3, 0.4) is 0 Å². The summed E-state index contributed by atoms with van der Waals surface area (Å²) in [5.74, 6) is 1.67. The number of pyridine rings is 1. The van der Waals surface area contributed by atoms with Gasteiger partial charge in [-0.2, -0.15) is 0 Å². The number of hydrogen-bond acceptors (Lipinski definition) is 2. The fraction of sp³-hybridized carbons (Fsp3) is 0.500. The molecule has 1 aromatic heterocycles. The van der Waals surface area contributed by atoms with E-state index in [-0.39, 0.29) is 0 Å². The summed E-state index contributed by atoms with van der Waals surface area (Å²) in [6.07, 6.45) is 7.20. The van der Waals surface area contributed by atoms with Crippen LogP contribution in [0.5, 0.6) is 0 Å². The van der Waals surface area contributed by atoms with Crippen LogP contribution in [-0.4, -0.2) is 11.0 Å². The molecule has 3 rings (SSSR count). The summed E-state index contributed by atoms with van der Waals surface area (Å²) in [4.78, 5) is 4.44. The first kappa shape index (κ1) is 13.4. The molecule has 1 aliphatic rings. The second-order valence-electron chi connectivity index (χ2n) is 6.39. The van der Waals surface area contributed by atoms with Crippen molar-refractivity contribution < 1.29 is 0 Å². The van der Waals surface area contributed by atoms with Gasteiger partial charge in [0.15, 0.2) is 0 Å². The van der Waals surface area contributed by atoms with Gasteiger partial charge in [-0.15, -0.1) is 0 Å². The first-order valence-electron chi connectivity index (χ1n) is 7.84. The van der Waals surface area contributed by atoms with Crippen LogP contribution in [0.4, 0.5) is 5.69 Å². The van der Waals surface area contributed by atoms with Crippen molar-refractivity contribution in [3.63, 3.8) is 0 Å². The van der Waals surface area contributed by atoms with E-state index in [2.05, 4.69) is 48.4 Å². The molecule has 2 heteroatoms. The van der Waals surface area contributed by atoms with Crippen LogP contribution in [-0.2, 0) is 0 Å². The number of anilines is 1. The molecular weight excluding hydrogens is 244 g/mol. The van der Waals surface area contributed by atoms with Gasteiger partial charge in [-0.3, -0.25) is 4.98 Å². The molecule has 20 heavy (non-hydrogen) atoms. The third kappa shape index (κ3) is 2.79. The summed E-state index contributed by atoms with van der Waals surface area (Å²) in [5, 5.41) is 5.01. The Morgan fingerprint density at radius 1 is 1.15 bits per heavy atom. The Kier molecular flexibility index (Phi) is 3.90. The molecule has 0 amide bonds. The predicted octanol–water partition coefficient (Wildman–Crippen LogP) is 4.86. The van der Waals surface area contributed by atoms with Gasteiger partial charge < -0.3 is 5.32 Å². The minimum atomic E-state index is 0.613. The molecule has 106 valence electrons. The van der Waals surface area contributed by atoms with Crippen LogP contribution in [0.2, 0.25) is 0 Å². The van der Waals surface area contributed by atoms with Gasteiger partial charge >= 0.3 is 0 Å². The summed E-state index contributed by atoms with van der Waals surface area (Å²) < 4.78 is 0. The SMILES string of the molecule is CC(C)C1CCCC(Nc2cccc3ncccc23)C1. The van der Waals surface area contributed by atoms with Crippen molar-refractivity contribution in [3.05, 3.63) is 36.5 Å². The van der Waals surface area contributed by atoms with E-state index < -0.39 is 0 Å². The zero-order chi connectivity index (χ0) is 13.9. The second kappa shape index (κ2) is 5.82. The van der Waals surface area contributed by atoms with Gasteiger partial charge in [-0.1, -0.05) is 32.8 Å². The van der Waals surface area contributed by atoms with Crippen molar-refractivity contribution in [2.75, 3.05) is 5.32 Å². The van der Waals surface area contributed by atoms with E-state index >= 15 is 0 Å². The monoisotopic (exact) mass is 268 g/mol. The van der Waals surface area contributed by atoms with Gasteiger partial charge in [0, 0.05) is 23.3 Å². The number of fused-ring (bicyclic) bond motifs is 1. The third-order valence-electron chi connectivity index (χ3n) is 4.66. The number of rotatable bonds is 3. The number of nitrogens with zero attached hydrogens (tertiary/aromatic N) is 1. The molecule has 1 aliphatic carbocycles. The number of aromatic nitrogens is 1. The Balaban J connectivity index is 1.79. The van der Waals surface area contributed by atoms with Gasteiger partial charge in [0.05, 0.1) is 5.52 Å². The van der Waals surface area contributed by atoms with Crippen LogP contribution in [0.1, 0.15) is 39.5 Å². The van der Waals surface area contributed by atoms with Crippen LogP contribution >= 0.6 is 0 Å². The highest BCUT2D eigenvalue weighted by Crippen LogP contribution is 2.32. The Hall–Kier alpha value is -1.57. The highest BCUT2D eigenvalue weighted by atomic mass is 14.9. The quantitative estimate of drug-likeness (QED) is 0.859. The maximum absolute atomic E-state index is 4.44. The highest BCUT2D eigenvalue weighted by molar-refractivity contribution is 5.91. The minimum Gasteiger partial charge on any atom is -0.382 e. The molecule has 0 saturated heterocycles. The van der Waals surface area contributed by atoms with E-state index in [0.717, 1.165) is 17.4 Å². The maximum atomic E-state index is 4.44. The van der Waals surface area contributed by atoms with E-state index in [4.69, 9.17) is 0 Å².